The van der Waals surface area contributed by atoms with E-state index in [-0.39, 0.29) is 17.0 Å². The van der Waals surface area contributed by atoms with Gasteiger partial charge in [-0.3, -0.25) is 0 Å². The lowest BCUT2D eigenvalue weighted by Crippen LogP contribution is -2.28. The minimum Gasteiger partial charge on any atom is -0.358 e. The summed E-state index contributed by atoms with van der Waals surface area (Å²) in [6.45, 7) is 10.8. The van der Waals surface area contributed by atoms with Crippen LogP contribution in [0, 0.1) is 19.8 Å². The van der Waals surface area contributed by atoms with E-state index in [0.717, 1.165) is 18.1 Å². The maximum Gasteiger partial charge on any atom is 0.0942 e. The summed E-state index contributed by atoms with van der Waals surface area (Å²) in [7, 11) is 0. The van der Waals surface area contributed by atoms with Gasteiger partial charge in [0, 0.05) is 23.8 Å². The summed E-state index contributed by atoms with van der Waals surface area (Å²) in [6.07, 6.45) is 4.32. The van der Waals surface area contributed by atoms with Crippen LogP contribution in [0.2, 0.25) is 0 Å². The van der Waals surface area contributed by atoms with Crippen LogP contribution in [0.4, 0.5) is 5.69 Å². The zero-order valence-electron chi connectivity index (χ0n) is 12.1. The fraction of sp³-hybridized carbons (Fsp3) is 0.467. The van der Waals surface area contributed by atoms with Crippen molar-refractivity contribution in [3.05, 3.63) is 35.7 Å². The Morgan fingerprint density at radius 2 is 1.89 bits per heavy atom. The zero-order chi connectivity index (χ0) is 13.3. The third-order valence-electron chi connectivity index (χ3n) is 3.13. The topological polar surface area (TPSA) is 6.48 Å². The highest BCUT2D eigenvalue weighted by molar-refractivity contribution is 8.93. The first kappa shape index (κ1) is 16.4. The van der Waals surface area contributed by atoms with E-state index in [4.69, 9.17) is 0 Å². The van der Waals surface area contributed by atoms with Crippen molar-refractivity contribution >= 4 is 35.3 Å². The van der Waals surface area contributed by atoms with Crippen LogP contribution in [0.25, 0.3) is 0 Å². The first-order valence-corrected chi connectivity index (χ1v) is 6.91. The maximum absolute atomic E-state index is 4.64. The number of thiol groups is 1. The highest BCUT2D eigenvalue weighted by Crippen LogP contribution is 2.31. The zero-order valence-corrected chi connectivity index (χ0v) is 14.7. The quantitative estimate of drug-likeness (QED) is 0.814. The smallest absolute Gasteiger partial charge is 0.0942 e. The number of benzene rings is 1. The van der Waals surface area contributed by atoms with E-state index >= 15 is 0 Å². The lowest BCUT2D eigenvalue weighted by atomic mass is 10.1. The van der Waals surface area contributed by atoms with Crippen molar-refractivity contribution in [2.24, 2.45) is 5.92 Å². The maximum atomic E-state index is 4.64. The van der Waals surface area contributed by atoms with Gasteiger partial charge in [-0.05, 0) is 37.0 Å². The second-order valence-corrected chi connectivity index (χ2v) is 5.97. The fourth-order valence-electron chi connectivity index (χ4n) is 2.37. The van der Waals surface area contributed by atoms with Gasteiger partial charge in [0.2, 0.25) is 0 Å². The largest absolute Gasteiger partial charge is 0.358 e. The molecule has 0 unspecified atom stereocenters. The Morgan fingerprint density at radius 1 is 1.21 bits per heavy atom. The van der Waals surface area contributed by atoms with Crippen molar-refractivity contribution in [1.82, 2.24) is 4.90 Å². The van der Waals surface area contributed by atoms with Gasteiger partial charge in [0.25, 0.3) is 0 Å². The molecule has 0 atom stereocenters. The lowest BCUT2D eigenvalue weighted by molar-refractivity contribution is 0.353. The minimum atomic E-state index is 0. The van der Waals surface area contributed by atoms with Crippen molar-refractivity contribution in [2.45, 2.75) is 32.6 Å². The molecule has 0 aliphatic carbocycles. The molecular weight excluding hydrogens is 320 g/mol. The van der Waals surface area contributed by atoms with E-state index < -0.39 is 0 Å². The molecule has 0 saturated heterocycles. The minimum absolute atomic E-state index is 0. The van der Waals surface area contributed by atoms with E-state index in [2.05, 4.69) is 74.7 Å². The summed E-state index contributed by atoms with van der Waals surface area (Å²) in [4.78, 5) is 5.69. The molecule has 0 spiro atoms. The molecule has 0 saturated carbocycles. The Morgan fingerprint density at radius 3 is 2.53 bits per heavy atom. The predicted octanol–water partition coefficient (Wildman–Crippen LogP) is 4.38. The van der Waals surface area contributed by atoms with E-state index in [1.54, 1.807) is 0 Å². The van der Waals surface area contributed by atoms with Gasteiger partial charge in [-0.1, -0.05) is 19.9 Å². The van der Waals surface area contributed by atoms with E-state index in [1.165, 1.54) is 16.8 Å². The molecule has 0 aromatic heterocycles. The molecule has 19 heavy (non-hydrogen) atoms. The van der Waals surface area contributed by atoms with Crippen LogP contribution >= 0.6 is 29.6 Å². The number of hydrogen-bond donors (Lipinski definition) is 1. The van der Waals surface area contributed by atoms with Crippen molar-refractivity contribution in [1.29, 1.82) is 0 Å². The Bertz CT molecular complexity index is 471. The van der Waals surface area contributed by atoms with Gasteiger partial charge in [0.05, 0.1) is 12.4 Å². The van der Waals surface area contributed by atoms with Gasteiger partial charge in [-0.15, -0.1) is 29.6 Å². The van der Waals surface area contributed by atoms with Gasteiger partial charge in [0.15, 0.2) is 0 Å². The van der Waals surface area contributed by atoms with Gasteiger partial charge < -0.3 is 9.80 Å². The van der Waals surface area contributed by atoms with Crippen LogP contribution in [0.3, 0.4) is 0 Å². The van der Waals surface area contributed by atoms with E-state index in [1.807, 2.05) is 0 Å². The van der Waals surface area contributed by atoms with E-state index in [9.17, 15) is 0 Å². The van der Waals surface area contributed by atoms with Crippen molar-refractivity contribution in [3.8, 4) is 0 Å². The van der Waals surface area contributed by atoms with Crippen LogP contribution < -0.4 is 4.90 Å². The Kier molecular flexibility index (Phi) is 5.81. The van der Waals surface area contributed by atoms with Crippen LogP contribution in [0.15, 0.2) is 29.4 Å². The molecule has 106 valence electrons. The third-order valence-corrected chi connectivity index (χ3v) is 3.71. The number of rotatable bonds is 3. The molecule has 2 nitrogen and oxygen atoms in total. The highest BCUT2D eigenvalue weighted by atomic mass is 79.9. The average molecular weight is 343 g/mol. The molecule has 2 rings (SSSR count). The first-order valence-electron chi connectivity index (χ1n) is 6.46. The normalized spacial score (nSPS) is 14.2. The highest BCUT2D eigenvalue weighted by Gasteiger charge is 2.17. The lowest BCUT2D eigenvalue weighted by Gasteiger charge is -2.24. The monoisotopic (exact) mass is 342 g/mol. The number of anilines is 1. The van der Waals surface area contributed by atoms with Crippen LogP contribution in [-0.2, 0) is 0 Å². The summed E-state index contributed by atoms with van der Waals surface area (Å²) in [6, 6.07) is 4.38. The summed E-state index contributed by atoms with van der Waals surface area (Å²) in [5.74, 6) is 0.685. The van der Waals surface area contributed by atoms with Gasteiger partial charge in [-0.25, -0.2) is 0 Å². The molecule has 0 fully saturated rings. The van der Waals surface area contributed by atoms with E-state index in [0.29, 0.717) is 5.92 Å². The number of aryl methyl sites for hydroxylation is 2. The van der Waals surface area contributed by atoms with Gasteiger partial charge in [-0.2, -0.15) is 0 Å². The average Bonchev–Trinajstić information content (AvgIpc) is 2.70. The number of hydrogen-bond acceptors (Lipinski definition) is 3. The summed E-state index contributed by atoms with van der Waals surface area (Å²) in [5.41, 5.74) is 3.73. The Balaban J connectivity index is 0.00000180. The van der Waals surface area contributed by atoms with Crippen molar-refractivity contribution < 1.29 is 0 Å². The standard InChI is InChI=1S/C15H22N2S.BrH/c1-11(2)9-16-5-6-17(10-16)14-8-12(3)7-13(4)15(14)18;/h5-8,11,18H,9-10H2,1-4H3;1H. The molecule has 0 radical (unpaired) electrons. The van der Waals surface area contributed by atoms with Crippen molar-refractivity contribution in [3.63, 3.8) is 0 Å². The molecule has 4 heteroatoms. The molecule has 0 N–H and O–H groups in total. The molecule has 1 aromatic rings. The first-order chi connectivity index (χ1) is 8.47. The molecule has 1 heterocycles. The van der Waals surface area contributed by atoms with Crippen LogP contribution in [-0.4, -0.2) is 18.1 Å². The SMILES string of the molecule is Br.Cc1cc(C)c(S)c(N2C=CN(CC(C)C)C2)c1. The summed E-state index contributed by atoms with van der Waals surface area (Å²) < 4.78 is 0. The van der Waals surface area contributed by atoms with Crippen LogP contribution in [0.5, 0.6) is 0 Å². The molecular formula is C15H23BrN2S. The van der Waals surface area contributed by atoms with Crippen LogP contribution in [0.1, 0.15) is 25.0 Å². The molecule has 1 aromatic carbocycles. The molecule has 0 amide bonds. The number of halogens is 1. The second kappa shape index (κ2) is 6.71. The Hall–Kier alpha value is -0.610. The fourth-order valence-corrected chi connectivity index (χ4v) is 2.62. The van der Waals surface area contributed by atoms with Gasteiger partial charge in [0.1, 0.15) is 0 Å². The van der Waals surface area contributed by atoms with Crippen molar-refractivity contribution in [2.75, 3.05) is 18.1 Å². The molecule has 1 aliphatic rings. The number of nitrogens with zero attached hydrogens (tertiary/aromatic N) is 2. The molecule has 0 bridgehead atoms. The third kappa shape index (κ3) is 3.93. The predicted molar refractivity (Wildman–Crippen MR) is 91.5 cm³/mol. The molecule has 1 aliphatic heterocycles. The summed E-state index contributed by atoms with van der Waals surface area (Å²) in [5, 5.41) is 0. The summed E-state index contributed by atoms with van der Waals surface area (Å²) >= 11 is 4.64. The van der Waals surface area contributed by atoms with Gasteiger partial charge >= 0.3 is 0 Å². The second-order valence-electron chi connectivity index (χ2n) is 5.52. The Labute approximate surface area is 132 Å².